The van der Waals surface area contributed by atoms with Crippen LogP contribution >= 0.6 is 0 Å². The van der Waals surface area contributed by atoms with E-state index in [1.54, 1.807) is 0 Å². The van der Waals surface area contributed by atoms with Gasteiger partial charge in [-0.25, -0.2) is 0 Å². The van der Waals surface area contributed by atoms with E-state index in [0.717, 1.165) is 11.3 Å². The highest BCUT2D eigenvalue weighted by Crippen LogP contribution is 2.14. The lowest BCUT2D eigenvalue weighted by Crippen LogP contribution is -1.73. The van der Waals surface area contributed by atoms with Crippen LogP contribution in [0, 0.1) is 6.07 Å². The first-order chi connectivity index (χ1) is 5.47. The Hall–Kier alpha value is -1.57. The zero-order valence-corrected chi connectivity index (χ0v) is 5.82. The molecule has 0 fully saturated rings. The molecular formula is C9H6NO. The number of rotatable bonds is 1. The van der Waals surface area contributed by atoms with Crippen molar-refractivity contribution < 1.29 is 4.52 Å². The molecule has 1 radical (unpaired) electrons. The molecule has 1 aromatic heterocycles. The molecule has 0 amide bonds. The van der Waals surface area contributed by atoms with E-state index in [4.69, 9.17) is 0 Å². The summed E-state index contributed by atoms with van der Waals surface area (Å²) >= 11 is 0. The van der Waals surface area contributed by atoms with E-state index in [-0.39, 0.29) is 0 Å². The Bertz CT molecular complexity index is 313. The van der Waals surface area contributed by atoms with Gasteiger partial charge in [-0.2, -0.15) is 0 Å². The summed E-state index contributed by atoms with van der Waals surface area (Å²) < 4.78 is 4.66. The third-order valence-corrected chi connectivity index (χ3v) is 1.44. The van der Waals surface area contributed by atoms with Gasteiger partial charge in [0.15, 0.2) is 0 Å². The van der Waals surface area contributed by atoms with Crippen molar-refractivity contribution in [2.24, 2.45) is 0 Å². The maximum absolute atomic E-state index is 4.66. The Labute approximate surface area is 64.5 Å². The SMILES string of the molecule is [c]1conc1-c1ccccc1. The average molecular weight is 144 g/mol. The maximum Gasteiger partial charge on any atom is 0.132 e. The standard InChI is InChI=1S/C9H6NO/c1-2-4-8(5-3-1)9-6-7-11-10-9/h1-5,7H. The molecule has 2 nitrogen and oxygen atoms in total. The van der Waals surface area contributed by atoms with Gasteiger partial charge in [0.2, 0.25) is 0 Å². The van der Waals surface area contributed by atoms with Crippen molar-refractivity contribution in [2.75, 3.05) is 0 Å². The second kappa shape index (κ2) is 2.58. The molecule has 0 unspecified atom stereocenters. The Morgan fingerprint density at radius 2 is 2.00 bits per heavy atom. The Morgan fingerprint density at radius 1 is 1.18 bits per heavy atom. The summed E-state index contributed by atoms with van der Waals surface area (Å²) in [5.74, 6) is 0. The van der Waals surface area contributed by atoms with E-state index in [2.05, 4.69) is 15.7 Å². The average Bonchev–Trinajstić information content (AvgIpc) is 2.58. The van der Waals surface area contributed by atoms with Crippen molar-refractivity contribution in [1.82, 2.24) is 5.16 Å². The van der Waals surface area contributed by atoms with E-state index >= 15 is 0 Å². The highest BCUT2D eigenvalue weighted by atomic mass is 16.5. The fourth-order valence-corrected chi connectivity index (χ4v) is 0.920. The van der Waals surface area contributed by atoms with Gasteiger partial charge in [0.1, 0.15) is 12.0 Å². The summed E-state index contributed by atoms with van der Waals surface area (Å²) in [5.41, 5.74) is 1.78. The molecule has 1 aromatic carbocycles. The lowest BCUT2D eigenvalue weighted by atomic mass is 10.2. The minimum absolute atomic E-state index is 0.755. The summed E-state index contributed by atoms with van der Waals surface area (Å²) in [6.45, 7) is 0. The topological polar surface area (TPSA) is 26.0 Å². The van der Waals surface area contributed by atoms with Gasteiger partial charge in [-0.3, -0.25) is 0 Å². The van der Waals surface area contributed by atoms with E-state index in [9.17, 15) is 0 Å². The Kier molecular flexibility index (Phi) is 1.44. The molecule has 53 valence electrons. The van der Waals surface area contributed by atoms with E-state index < -0.39 is 0 Å². The quantitative estimate of drug-likeness (QED) is 0.612. The van der Waals surface area contributed by atoms with Gasteiger partial charge in [-0.1, -0.05) is 35.5 Å². The van der Waals surface area contributed by atoms with Gasteiger partial charge in [0, 0.05) is 5.56 Å². The number of hydrogen-bond donors (Lipinski definition) is 0. The first kappa shape index (κ1) is 6.16. The summed E-state index contributed by atoms with van der Waals surface area (Å²) in [7, 11) is 0. The normalized spacial score (nSPS) is 9.82. The lowest BCUT2D eigenvalue weighted by molar-refractivity contribution is 0.422. The first-order valence-electron chi connectivity index (χ1n) is 3.34. The third kappa shape index (κ3) is 1.15. The molecule has 2 aromatic rings. The van der Waals surface area contributed by atoms with Crippen molar-refractivity contribution in [1.29, 1.82) is 0 Å². The van der Waals surface area contributed by atoms with Crippen LogP contribution < -0.4 is 0 Å². The molecule has 0 bridgehead atoms. The zero-order valence-electron chi connectivity index (χ0n) is 5.82. The minimum atomic E-state index is 0.755. The molecule has 0 aliphatic carbocycles. The van der Waals surface area contributed by atoms with Crippen molar-refractivity contribution in [3.63, 3.8) is 0 Å². The number of benzene rings is 1. The largest absolute Gasteiger partial charge is 0.363 e. The second-order valence-corrected chi connectivity index (χ2v) is 2.17. The molecule has 0 saturated heterocycles. The van der Waals surface area contributed by atoms with Crippen LogP contribution in [0.25, 0.3) is 11.3 Å². The van der Waals surface area contributed by atoms with Crippen molar-refractivity contribution in [3.05, 3.63) is 42.7 Å². The zero-order chi connectivity index (χ0) is 7.52. The molecule has 2 rings (SSSR count). The van der Waals surface area contributed by atoms with E-state index in [0.29, 0.717) is 0 Å². The van der Waals surface area contributed by atoms with Gasteiger partial charge >= 0.3 is 0 Å². The Morgan fingerprint density at radius 3 is 2.64 bits per heavy atom. The number of aromatic nitrogens is 1. The highest BCUT2D eigenvalue weighted by molar-refractivity contribution is 5.56. The van der Waals surface area contributed by atoms with E-state index in [1.807, 2.05) is 30.3 Å². The fraction of sp³-hybridized carbons (Fsp3) is 0. The highest BCUT2D eigenvalue weighted by Gasteiger charge is 1.97. The van der Waals surface area contributed by atoms with Gasteiger partial charge in [0.05, 0.1) is 6.07 Å². The van der Waals surface area contributed by atoms with Crippen LogP contribution in [0.15, 0.2) is 41.1 Å². The van der Waals surface area contributed by atoms with Crippen molar-refractivity contribution in [3.8, 4) is 11.3 Å². The van der Waals surface area contributed by atoms with Crippen LogP contribution in [-0.4, -0.2) is 5.16 Å². The maximum atomic E-state index is 4.66. The predicted octanol–water partition coefficient (Wildman–Crippen LogP) is 2.14. The van der Waals surface area contributed by atoms with E-state index in [1.165, 1.54) is 6.26 Å². The molecule has 11 heavy (non-hydrogen) atoms. The lowest BCUT2D eigenvalue weighted by Gasteiger charge is -1.90. The molecular weight excluding hydrogens is 138 g/mol. The van der Waals surface area contributed by atoms with Gasteiger partial charge in [-0.15, -0.1) is 0 Å². The molecule has 0 aliphatic heterocycles. The van der Waals surface area contributed by atoms with Crippen LogP contribution in [0.3, 0.4) is 0 Å². The molecule has 0 saturated carbocycles. The van der Waals surface area contributed by atoms with Gasteiger partial charge in [0.25, 0.3) is 0 Å². The van der Waals surface area contributed by atoms with Gasteiger partial charge in [-0.05, 0) is 0 Å². The fourth-order valence-electron chi connectivity index (χ4n) is 0.920. The molecule has 0 N–H and O–H groups in total. The molecule has 0 atom stereocenters. The summed E-state index contributed by atoms with van der Waals surface area (Å²) in [6, 6.07) is 12.7. The molecule has 2 heteroatoms. The number of nitrogens with zero attached hydrogens (tertiary/aromatic N) is 1. The summed E-state index contributed by atoms with van der Waals surface area (Å²) in [5, 5.41) is 3.76. The monoisotopic (exact) mass is 144 g/mol. The molecule has 0 aliphatic rings. The van der Waals surface area contributed by atoms with Crippen LogP contribution in [0.1, 0.15) is 0 Å². The van der Waals surface area contributed by atoms with Crippen LogP contribution in [0.4, 0.5) is 0 Å². The second-order valence-electron chi connectivity index (χ2n) is 2.17. The van der Waals surface area contributed by atoms with Crippen LogP contribution in [0.5, 0.6) is 0 Å². The van der Waals surface area contributed by atoms with Crippen LogP contribution in [-0.2, 0) is 0 Å². The van der Waals surface area contributed by atoms with Crippen molar-refractivity contribution >= 4 is 0 Å². The summed E-state index contributed by atoms with van der Waals surface area (Å²) in [4.78, 5) is 0. The molecule has 0 spiro atoms. The van der Waals surface area contributed by atoms with Crippen LogP contribution in [0.2, 0.25) is 0 Å². The first-order valence-corrected chi connectivity index (χ1v) is 3.34. The molecule has 1 heterocycles. The summed E-state index contributed by atoms with van der Waals surface area (Å²) in [6.07, 6.45) is 1.45. The predicted molar refractivity (Wildman–Crippen MR) is 40.8 cm³/mol. The smallest absolute Gasteiger partial charge is 0.132 e. The van der Waals surface area contributed by atoms with Gasteiger partial charge < -0.3 is 4.52 Å². The van der Waals surface area contributed by atoms with Crippen molar-refractivity contribution in [2.45, 2.75) is 0 Å². The Balaban J connectivity index is 2.46. The minimum Gasteiger partial charge on any atom is -0.363 e. The third-order valence-electron chi connectivity index (χ3n) is 1.44. The number of hydrogen-bond acceptors (Lipinski definition) is 2.